The zero-order valence-corrected chi connectivity index (χ0v) is 16.5. The van der Waals surface area contributed by atoms with E-state index in [4.69, 9.17) is 0 Å². The van der Waals surface area contributed by atoms with Crippen molar-refractivity contribution in [1.82, 2.24) is 5.32 Å². The number of rotatable bonds is 7. The van der Waals surface area contributed by atoms with Crippen molar-refractivity contribution < 1.29 is 9.69 Å². The Kier molecular flexibility index (Phi) is 6.88. The van der Waals surface area contributed by atoms with Crippen LogP contribution in [0.2, 0.25) is 0 Å². The van der Waals surface area contributed by atoms with Crippen LogP contribution in [0.25, 0.3) is 0 Å². The van der Waals surface area contributed by atoms with Crippen LogP contribution in [-0.4, -0.2) is 38.1 Å². The van der Waals surface area contributed by atoms with Crippen molar-refractivity contribution in [3.63, 3.8) is 0 Å². The Morgan fingerprint density at radius 1 is 1.04 bits per heavy atom. The van der Waals surface area contributed by atoms with Gasteiger partial charge in [0, 0.05) is 5.69 Å². The Morgan fingerprint density at radius 2 is 1.63 bits per heavy atom. The topological polar surface area (TPSA) is 36.8 Å². The maximum absolute atomic E-state index is 12.9. The smallest absolute Gasteiger partial charge is 0.278 e. The summed E-state index contributed by atoms with van der Waals surface area (Å²) in [5.74, 6) is 0.167. The van der Waals surface area contributed by atoms with Crippen molar-refractivity contribution in [2.75, 3.05) is 31.1 Å². The number of carbonyl (C=O) groups excluding carboxylic acids is 1. The number of carbonyl (C=O) groups is 1. The molecule has 4 nitrogen and oxygen atoms in total. The summed E-state index contributed by atoms with van der Waals surface area (Å²) in [6.45, 7) is 8.21. The first kappa shape index (κ1) is 19.4. The summed E-state index contributed by atoms with van der Waals surface area (Å²) in [6.07, 6.45) is 2.02. The molecule has 2 atom stereocenters. The highest BCUT2D eigenvalue weighted by Gasteiger charge is 2.30. The average molecular weight is 367 g/mol. The summed E-state index contributed by atoms with van der Waals surface area (Å²) in [7, 11) is 0. The number of nitrogens with one attached hydrogen (secondary N) is 2. The van der Waals surface area contributed by atoms with Crippen LogP contribution in [0.5, 0.6) is 0 Å². The van der Waals surface area contributed by atoms with Gasteiger partial charge in [-0.3, -0.25) is 4.79 Å². The van der Waals surface area contributed by atoms with Gasteiger partial charge in [-0.1, -0.05) is 61.9 Å². The van der Waals surface area contributed by atoms with Crippen molar-refractivity contribution in [3.8, 4) is 0 Å². The molecule has 144 valence electrons. The van der Waals surface area contributed by atoms with Crippen molar-refractivity contribution in [2.24, 2.45) is 0 Å². The molecular weight excluding hydrogens is 334 g/mol. The zero-order chi connectivity index (χ0) is 19.1. The van der Waals surface area contributed by atoms with E-state index in [1.807, 2.05) is 18.2 Å². The minimum atomic E-state index is -0.0222. The number of piperazine rings is 1. The Labute approximate surface area is 163 Å². The van der Waals surface area contributed by atoms with Gasteiger partial charge in [-0.15, -0.1) is 0 Å². The van der Waals surface area contributed by atoms with Crippen molar-refractivity contribution in [1.29, 1.82) is 0 Å². The summed E-state index contributed by atoms with van der Waals surface area (Å²) in [6, 6.07) is 21.0. The molecule has 1 saturated heterocycles. The Balaban J connectivity index is 1.55. The molecule has 27 heavy (non-hydrogen) atoms. The number of para-hydroxylation sites is 1. The normalized spacial score (nSPS) is 17.3. The lowest BCUT2D eigenvalue weighted by Crippen LogP contribution is -3.19. The molecule has 0 aliphatic carbocycles. The molecule has 0 bridgehead atoms. The summed E-state index contributed by atoms with van der Waals surface area (Å²) in [5.41, 5.74) is 2.48. The minimum Gasteiger partial charge on any atom is -0.360 e. The second kappa shape index (κ2) is 9.56. The van der Waals surface area contributed by atoms with Gasteiger partial charge in [0.2, 0.25) is 0 Å². The van der Waals surface area contributed by atoms with Crippen molar-refractivity contribution in [3.05, 3.63) is 66.2 Å². The molecule has 1 amide bonds. The Morgan fingerprint density at radius 3 is 2.22 bits per heavy atom. The first-order valence-electron chi connectivity index (χ1n) is 10.2. The lowest BCUT2D eigenvalue weighted by atomic mass is 10.0. The molecule has 1 heterocycles. The van der Waals surface area contributed by atoms with Gasteiger partial charge in [0.05, 0.1) is 32.2 Å². The van der Waals surface area contributed by atoms with E-state index < -0.39 is 0 Å². The van der Waals surface area contributed by atoms with Crippen molar-refractivity contribution >= 4 is 11.6 Å². The predicted molar refractivity (Wildman–Crippen MR) is 111 cm³/mol. The molecule has 2 aromatic carbocycles. The number of benzene rings is 2. The van der Waals surface area contributed by atoms with Gasteiger partial charge in [0.15, 0.2) is 6.04 Å². The number of quaternary nitrogens is 1. The lowest BCUT2D eigenvalue weighted by Gasteiger charge is -2.36. The summed E-state index contributed by atoms with van der Waals surface area (Å²) in [4.78, 5) is 16.7. The number of hydrogen-bond acceptors (Lipinski definition) is 2. The van der Waals surface area contributed by atoms with Gasteiger partial charge in [0.25, 0.3) is 5.91 Å². The van der Waals surface area contributed by atoms with E-state index in [9.17, 15) is 4.79 Å². The highest BCUT2D eigenvalue weighted by atomic mass is 16.2. The average Bonchev–Trinajstić information content (AvgIpc) is 2.74. The molecular formula is C23H32N3O+. The van der Waals surface area contributed by atoms with Gasteiger partial charge in [-0.2, -0.15) is 0 Å². The first-order chi connectivity index (χ1) is 13.2. The van der Waals surface area contributed by atoms with Crippen LogP contribution in [0, 0.1) is 0 Å². The SMILES string of the molecule is CCC[C@H](NC(=O)[C@@H](C)[NH+]1CCN(c2ccccc2)CC1)c1ccccc1. The number of hydrogen-bond donors (Lipinski definition) is 2. The Bertz CT molecular complexity index is 696. The second-order valence-corrected chi connectivity index (χ2v) is 7.46. The minimum absolute atomic E-state index is 0.0222. The van der Waals surface area contributed by atoms with Crippen LogP contribution in [0.1, 0.15) is 38.3 Å². The van der Waals surface area contributed by atoms with Crippen LogP contribution in [0.3, 0.4) is 0 Å². The van der Waals surface area contributed by atoms with E-state index in [1.54, 1.807) is 0 Å². The third-order valence-electron chi connectivity index (χ3n) is 5.63. The molecule has 1 aliphatic rings. The van der Waals surface area contributed by atoms with Gasteiger partial charge in [-0.05, 0) is 31.0 Å². The monoisotopic (exact) mass is 366 g/mol. The van der Waals surface area contributed by atoms with E-state index in [2.05, 4.69) is 66.5 Å². The molecule has 3 rings (SSSR count). The van der Waals surface area contributed by atoms with Crippen LogP contribution < -0.4 is 15.1 Å². The lowest BCUT2D eigenvalue weighted by molar-refractivity contribution is -0.914. The third kappa shape index (κ3) is 5.10. The standard InChI is InChI=1S/C23H31N3O/c1-3-10-22(20-11-6-4-7-12-20)24-23(27)19(2)25-15-17-26(18-16-25)21-13-8-5-9-14-21/h4-9,11-14,19,22H,3,10,15-18H2,1-2H3,(H,24,27)/p+1/t19-,22+/m1/s1. The zero-order valence-electron chi connectivity index (χ0n) is 16.5. The molecule has 0 aromatic heterocycles. The molecule has 0 spiro atoms. The second-order valence-electron chi connectivity index (χ2n) is 7.46. The first-order valence-corrected chi connectivity index (χ1v) is 10.2. The van der Waals surface area contributed by atoms with E-state index in [1.165, 1.54) is 16.2 Å². The van der Waals surface area contributed by atoms with Crippen LogP contribution in [0.4, 0.5) is 5.69 Å². The Hall–Kier alpha value is -2.33. The fraction of sp³-hybridized carbons (Fsp3) is 0.435. The molecule has 0 radical (unpaired) electrons. The number of amides is 1. The van der Waals surface area contributed by atoms with E-state index >= 15 is 0 Å². The summed E-state index contributed by atoms with van der Waals surface area (Å²) >= 11 is 0. The molecule has 0 saturated carbocycles. The predicted octanol–water partition coefficient (Wildman–Crippen LogP) is 2.44. The van der Waals surface area contributed by atoms with Gasteiger partial charge < -0.3 is 15.1 Å². The number of nitrogens with zero attached hydrogens (tertiary/aromatic N) is 1. The van der Waals surface area contributed by atoms with Crippen LogP contribution in [0.15, 0.2) is 60.7 Å². The summed E-state index contributed by atoms with van der Waals surface area (Å²) in [5, 5.41) is 3.30. The fourth-order valence-corrected chi connectivity index (χ4v) is 3.90. The van der Waals surface area contributed by atoms with Crippen LogP contribution in [-0.2, 0) is 4.79 Å². The van der Waals surface area contributed by atoms with Gasteiger partial charge in [0.1, 0.15) is 0 Å². The van der Waals surface area contributed by atoms with Gasteiger partial charge in [-0.25, -0.2) is 0 Å². The third-order valence-corrected chi connectivity index (χ3v) is 5.63. The molecule has 2 N–H and O–H groups in total. The largest absolute Gasteiger partial charge is 0.360 e. The van der Waals surface area contributed by atoms with Crippen molar-refractivity contribution in [2.45, 2.75) is 38.8 Å². The van der Waals surface area contributed by atoms with E-state index in [-0.39, 0.29) is 18.0 Å². The maximum Gasteiger partial charge on any atom is 0.278 e. The van der Waals surface area contributed by atoms with Crippen LogP contribution >= 0.6 is 0 Å². The molecule has 4 heteroatoms. The molecule has 0 unspecified atom stereocenters. The maximum atomic E-state index is 12.9. The molecule has 1 aliphatic heterocycles. The highest BCUT2D eigenvalue weighted by molar-refractivity contribution is 5.80. The quantitative estimate of drug-likeness (QED) is 0.790. The fourth-order valence-electron chi connectivity index (χ4n) is 3.90. The molecule has 2 aromatic rings. The summed E-state index contributed by atoms with van der Waals surface area (Å²) < 4.78 is 0. The van der Waals surface area contributed by atoms with E-state index in [0.29, 0.717) is 0 Å². The van der Waals surface area contributed by atoms with Gasteiger partial charge >= 0.3 is 0 Å². The molecule has 1 fully saturated rings. The van der Waals surface area contributed by atoms with E-state index in [0.717, 1.165) is 39.0 Å². The highest BCUT2D eigenvalue weighted by Crippen LogP contribution is 2.18. The number of anilines is 1.